The highest BCUT2D eigenvalue weighted by molar-refractivity contribution is 4.77. The van der Waals surface area contributed by atoms with E-state index in [1.165, 1.54) is 12.8 Å². The van der Waals surface area contributed by atoms with Gasteiger partial charge in [0.1, 0.15) is 0 Å². The van der Waals surface area contributed by atoms with Gasteiger partial charge in [-0.2, -0.15) is 0 Å². The van der Waals surface area contributed by atoms with Crippen LogP contribution in [-0.4, -0.2) is 25.3 Å². The number of rotatable bonds is 5. The van der Waals surface area contributed by atoms with Crippen LogP contribution in [0.2, 0.25) is 0 Å². The summed E-state index contributed by atoms with van der Waals surface area (Å²) in [6.45, 7) is 13.6. The smallest absolute Gasteiger partial charge is 0.0561 e. The average molecular weight is 227 g/mol. The average Bonchev–Trinajstić information content (AvgIpc) is 2.16. The molecular weight excluding hydrogens is 198 g/mol. The highest BCUT2D eigenvalue weighted by Crippen LogP contribution is 2.21. The Kier molecular flexibility index (Phi) is 5.77. The molecule has 0 aromatic rings. The van der Waals surface area contributed by atoms with E-state index in [0.717, 1.165) is 30.9 Å². The molecule has 0 amide bonds. The summed E-state index contributed by atoms with van der Waals surface area (Å²) in [5, 5.41) is 3.73. The van der Waals surface area contributed by atoms with E-state index in [9.17, 15) is 0 Å². The predicted molar refractivity (Wildman–Crippen MR) is 69.6 cm³/mol. The molecule has 0 bridgehead atoms. The van der Waals surface area contributed by atoms with E-state index >= 15 is 0 Å². The van der Waals surface area contributed by atoms with Crippen LogP contribution in [0.25, 0.3) is 0 Å². The molecule has 2 unspecified atom stereocenters. The minimum atomic E-state index is 0.433. The van der Waals surface area contributed by atoms with Crippen LogP contribution < -0.4 is 5.32 Å². The molecular formula is C14H29NO. The van der Waals surface area contributed by atoms with E-state index in [2.05, 4.69) is 39.9 Å². The second-order valence-electron chi connectivity index (χ2n) is 5.96. The van der Waals surface area contributed by atoms with Gasteiger partial charge in [0.2, 0.25) is 0 Å². The summed E-state index contributed by atoms with van der Waals surface area (Å²) in [6, 6.07) is 0.670. The molecule has 1 aliphatic heterocycles. The summed E-state index contributed by atoms with van der Waals surface area (Å²) in [7, 11) is 0. The van der Waals surface area contributed by atoms with Crippen LogP contribution in [0.4, 0.5) is 0 Å². The molecule has 2 nitrogen and oxygen atoms in total. The molecule has 2 atom stereocenters. The Hall–Kier alpha value is -0.0800. The Balaban J connectivity index is 2.31. The fourth-order valence-corrected chi connectivity index (χ4v) is 2.73. The second kappa shape index (κ2) is 6.61. The van der Waals surface area contributed by atoms with Gasteiger partial charge in [0.25, 0.3) is 0 Å². The van der Waals surface area contributed by atoms with Crippen LogP contribution in [0.1, 0.15) is 47.5 Å². The SMILES string of the molecule is CC1CC(NCC(C(C)C)C(C)C)CCO1. The first kappa shape index (κ1) is 14.0. The topological polar surface area (TPSA) is 21.3 Å². The largest absolute Gasteiger partial charge is 0.378 e. The van der Waals surface area contributed by atoms with Gasteiger partial charge in [-0.15, -0.1) is 0 Å². The summed E-state index contributed by atoms with van der Waals surface area (Å²) in [5.41, 5.74) is 0. The first-order valence-electron chi connectivity index (χ1n) is 6.85. The lowest BCUT2D eigenvalue weighted by atomic mass is 9.85. The van der Waals surface area contributed by atoms with Crippen molar-refractivity contribution in [2.75, 3.05) is 13.2 Å². The Bertz CT molecular complexity index is 183. The number of ether oxygens (including phenoxy) is 1. The van der Waals surface area contributed by atoms with Gasteiger partial charge in [0.05, 0.1) is 6.10 Å². The van der Waals surface area contributed by atoms with Gasteiger partial charge in [-0.1, -0.05) is 27.7 Å². The lowest BCUT2D eigenvalue weighted by Gasteiger charge is -2.32. The normalized spacial score (nSPS) is 27.0. The molecule has 0 aromatic heterocycles. The van der Waals surface area contributed by atoms with Crippen molar-refractivity contribution in [2.24, 2.45) is 17.8 Å². The third-order valence-corrected chi connectivity index (χ3v) is 3.84. The lowest BCUT2D eigenvalue weighted by molar-refractivity contribution is 0.0119. The first-order chi connectivity index (χ1) is 7.50. The van der Waals surface area contributed by atoms with E-state index in [1.807, 2.05) is 0 Å². The van der Waals surface area contributed by atoms with E-state index in [0.29, 0.717) is 12.1 Å². The van der Waals surface area contributed by atoms with E-state index in [1.54, 1.807) is 0 Å². The van der Waals surface area contributed by atoms with Gasteiger partial charge >= 0.3 is 0 Å². The zero-order chi connectivity index (χ0) is 12.1. The molecule has 0 radical (unpaired) electrons. The highest BCUT2D eigenvalue weighted by Gasteiger charge is 2.22. The molecule has 16 heavy (non-hydrogen) atoms. The Morgan fingerprint density at radius 1 is 1.19 bits per heavy atom. The van der Waals surface area contributed by atoms with Crippen molar-refractivity contribution in [3.8, 4) is 0 Å². The standard InChI is InChI=1S/C14H29NO/c1-10(2)14(11(3)4)9-15-13-6-7-16-12(5)8-13/h10-15H,6-9H2,1-5H3. The fraction of sp³-hybridized carbons (Fsp3) is 1.00. The van der Waals surface area contributed by atoms with E-state index in [-0.39, 0.29) is 0 Å². The molecule has 0 spiro atoms. The van der Waals surface area contributed by atoms with Gasteiger partial charge in [0, 0.05) is 12.6 Å². The Labute approximate surface area is 101 Å². The molecule has 1 aliphatic rings. The summed E-state index contributed by atoms with van der Waals surface area (Å²) in [6.07, 6.45) is 2.78. The molecule has 1 heterocycles. The minimum Gasteiger partial charge on any atom is -0.378 e. The van der Waals surface area contributed by atoms with Crippen LogP contribution >= 0.6 is 0 Å². The predicted octanol–water partition coefficient (Wildman–Crippen LogP) is 3.07. The van der Waals surface area contributed by atoms with Crippen LogP contribution in [0.3, 0.4) is 0 Å². The summed E-state index contributed by atoms with van der Waals surface area (Å²) < 4.78 is 5.57. The Morgan fingerprint density at radius 3 is 2.31 bits per heavy atom. The zero-order valence-electron chi connectivity index (χ0n) is 11.6. The quantitative estimate of drug-likeness (QED) is 0.779. The monoisotopic (exact) mass is 227 g/mol. The maximum absolute atomic E-state index is 5.57. The molecule has 0 saturated carbocycles. The second-order valence-corrected chi connectivity index (χ2v) is 5.96. The minimum absolute atomic E-state index is 0.433. The lowest BCUT2D eigenvalue weighted by Crippen LogP contribution is -2.41. The Morgan fingerprint density at radius 2 is 1.81 bits per heavy atom. The van der Waals surface area contributed by atoms with Crippen molar-refractivity contribution >= 4 is 0 Å². The van der Waals surface area contributed by atoms with Gasteiger partial charge in [-0.05, 0) is 44.1 Å². The molecule has 2 heteroatoms. The maximum atomic E-state index is 5.57. The van der Waals surface area contributed by atoms with Crippen molar-refractivity contribution in [1.82, 2.24) is 5.32 Å². The van der Waals surface area contributed by atoms with E-state index < -0.39 is 0 Å². The highest BCUT2D eigenvalue weighted by atomic mass is 16.5. The maximum Gasteiger partial charge on any atom is 0.0561 e. The van der Waals surface area contributed by atoms with Crippen molar-refractivity contribution in [2.45, 2.75) is 59.6 Å². The summed E-state index contributed by atoms with van der Waals surface area (Å²) in [5.74, 6) is 2.33. The van der Waals surface area contributed by atoms with E-state index in [4.69, 9.17) is 4.74 Å². The molecule has 0 aliphatic carbocycles. The fourth-order valence-electron chi connectivity index (χ4n) is 2.73. The van der Waals surface area contributed by atoms with Crippen molar-refractivity contribution in [1.29, 1.82) is 0 Å². The van der Waals surface area contributed by atoms with Gasteiger partial charge in [-0.3, -0.25) is 0 Å². The number of nitrogens with one attached hydrogen (secondary N) is 1. The molecule has 1 rings (SSSR count). The molecule has 1 saturated heterocycles. The van der Waals surface area contributed by atoms with Crippen LogP contribution in [0.5, 0.6) is 0 Å². The summed E-state index contributed by atoms with van der Waals surface area (Å²) >= 11 is 0. The zero-order valence-corrected chi connectivity index (χ0v) is 11.6. The van der Waals surface area contributed by atoms with Gasteiger partial charge in [0.15, 0.2) is 0 Å². The van der Waals surface area contributed by atoms with Crippen LogP contribution in [0.15, 0.2) is 0 Å². The van der Waals surface area contributed by atoms with Crippen molar-refractivity contribution < 1.29 is 4.74 Å². The third kappa shape index (κ3) is 4.42. The number of hydrogen-bond acceptors (Lipinski definition) is 2. The molecule has 96 valence electrons. The summed E-state index contributed by atoms with van der Waals surface area (Å²) in [4.78, 5) is 0. The molecule has 1 fully saturated rings. The third-order valence-electron chi connectivity index (χ3n) is 3.84. The number of hydrogen-bond donors (Lipinski definition) is 1. The van der Waals surface area contributed by atoms with Crippen LogP contribution in [0, 0.1) is 17.8 Å². The van der Waals surface area contributed by atoms with Gasteiger partial charge in [-0.25, -0.2) is 0 Å². The van der Waals surface area contributed by atoms with Crippen LogP contribution in [-0.2, 0) is 4.74 Å². The molecule has 0 aromatic carbocycles. The van der Waals surface area contributed by atoms with Gasteiger partial charge < -0.3 is 10.1 Å². The van der Waals surface area contributed by atoms with Crippen molar-refractivity contribution in [3.63, 3.8) is 0 Å². The van der Waals surface area contributed by atoms with Crippen molar-refractivity contribution in [3.05, 3.63) is 0 Å². The first-order valence-corrected chi connectivity index (χ1v) is 6.85. The molecule has 1 N–H and O–H groups in total.